The summed E-state index contributed by atoms with van der Waals surface area (Å²) in [6, 6.07) is 16.8. The Morgan fingerprint density at radius 1 is 1.04 bits per heavy atom. The van der Waals surface area contributed by atoms with Gasteiger partial charge in [-0.15, -0.1) is 0 Å². The number of aromatic nitrogens is 2. The molecule has 3 aromatic rings. The van der Waals surface area contributed by atoms with Crippen LogP contribution in [0.4, 0.5) is 5.69 Å². The molecule has 1 aliphatic rings. The second-order valence-electron chi connectivity index (χ2n) is 6.38. The van der Waals surface area contributed by atoms with Crippen LogP contribution in [0.5, 0.6) is 0 Å². The van der Waals surface area contributed by atoms with E-state index in [-0.39, 0.29) is 23.5 Å². The van der Waals surface area contributed by atoms with Gasteiger partial charge in [-0.05, 0) is 42.9 Å². The molecule has 27 heavy (non-hydrogen) atoms. The van der Waals surface area contributed by atoms with Gasteiger partial charge in [-0.3, -0.25) is 19.4 Å². The van der Waals surface area contributed by atoms with Crippen LogP contribution in [0.15, 0.2) is 54.6 Å². The number of para-hydroxylation sites is 3. The van der Waals surface area contributed by atoms with Crippen LogP contribution in [0.1, 0.15) is 19.2 Å². The fraction of sp³-hybridized carbons (Fsp3) is 0.200. The van der Waals surface area contributed by atoms with E-state index in [2.05, 4.69) is 9.97 Å². The van der Waals surface area contributed by atoms with E-state index in [1.54, 1.807) is 0 Å². The minimum absolute atomic E-state index is 0.182. The Balaban J connectivity index is 1.70. The lowest BCUT2D eigenvalue weighted by Gasteiger charge is -2.38. The quantitative estimate of drug-likeness (QED) is 0.559. The van der Waals surface area contributed by atoms with Crippen molar-refractivity contribution in [3.8, 4) is 0 Å². The maximum absolute atomic E-state index is 12.9. The number of amides is 2. The zero-order chi connectivity index (χ0) is 19.0. The lowest BCUT2D eigenvalue weighted by molar-refractivity contribution is -0.140. The zero-order valence-electron chi connectivity index (χ0n) is 14.8. The van der Waals surface area contributed by atoms with Crippen molar-refractivity contribution in [3.05, 3.63) is 60.4 Å². The molecule has 0 spiro atoms. The number of nitrogens with zero attached hydrogens (tertiary/aromatic N) is 3. The molecule has 2 amide bonds. The first kappa shape index (κ1) is 17.4. The number of H-pyrrole nitrogens is 1. The highest BCUT2D eigenvalue weighted by molar-refractivity contribution is 7.80. The number of thiocarbonyl (C=S) groups is 1. The molecule has 0 saturated carbocycles. The number of rotatable bonds is 4. The maximum atomic E-state index is 12.9. The summed E-state index contributed by atoms with van der Waals surface area (Å²) >= 11 is 5.53. The summed E-state index contributed by atoms with van der Waals surface area (Å²) in [5, 5.41) is 0.182. The third kappa shape index (κ3) is 3.00. The fourth-order valence-corrected chi connectivity index (χ4v) is 3.65. The van der Waals surface area contributed by atoms with Crippen LogP contribution >= 0.6 is 12.2 Å². The second kappa shape index (κ2) is 6.92. The lowest BCUT2D eigenvalue weighted by Crippen LogP contribution is -2.59. The molecule has 1 saturated heterocycles. The van der Waals surface area contributed by atoms with Crippen molar-refractivity contribution in [2.45, 2.75) is 19.9 Å². The van der Waals surface area contributed by atoms with Crippen molar-refractivity contribution in [2.24, 2.45) is 5.92 Å². The molecular weight excluding hydrogens is 360 g/mol. The normalized spacial score (nSPS) is 17.8. The van der Waals surface area contributed by atoms with Gasteiger partial charge in [0.1, 0.15) is 11.7 Å². The predicted octanol–water partition coefficient (Wildman–Crippen LogP) is 3.25. The zero-order valence-corrected chi connectivity index (χ0v) is 15.6. The Hall–Kier alpha value is -3.06. The van der Waals surface area contributed by atoms with E-state index in [1.807, 2.05) is 61.5 Å². The van der Waals surface area contributed by atoms with Crippen molar-refractivity contribution >= 4 is 45.9 Å². The molecule has 4 rings (SSSR count). The third-order valence-corrected chi connectivity index (χ3v) is 5.08. The standard InChI is InChI=1S/C20H18N4O2S/c1-2-14-18(25)23(12-17-21-15-10-6-7-11-16(15)22-17)20(27)24(19(14)26)13-8-4-3-5-9-13/h3-11,14H,2,12H2,1H3,(H,21,22). The number of carbonyl (C=O) groups excluding carboxylic acids is 2. The monoisotopic (exact) mass is 378 g/mol. The van der Waals surface area contributed by atoms with E-state index in [4.69, 9.17) is 12.2 Å². The number of imidazole rings is 1. The van der Waals surface area contributed by atoms with Crippen molar-refractivity contribution in [2.75, 3.05) is 4.90 Å². The van der Waals surface area contributed by atoms with E-state index >= 15 is 0 Å². The summed E-state index contributed by atoms with van der Waals surface area (Å²) in [4.78, 5) is 36.5. The van der Waals surface area contributed by atoms with Gasteiger partial charge in [0.25, 0.3) is 0 Å². The Morgan fingerprint density at radius 2 is 1.74 bits per heavy atom. The summed E-state index contributed by atoms with van der Waals surface area (Å²) in [6.07, 6.45) is 0.417. The fourth-order valence-electron chi connectivity index (χ4n) is 3.30. The molecule has 0 aliphatic carbocycles. The number of benzene rings is 2. The molecule has 2 aromatic carbocycles. The SMILES string of the molecule is CCC1C(=O)N(Cc2nc3ccccc3[nH]2)C(=S)N(c2ccccc2)C1=O. The molecule has 1 aliphatic heterocycles. The maximum Gasteiger partial charge on any atom is 0.245 e. The Kier molecular flexibility index (Phi) is 4.45. The van der Waals surface area contributed by atoms with Crippen LogP contribution in [0.3, 0.4) is 0 Å². The van der Waals surface area contributed by atoms with E-state index in [9.17, 15) is 9.59 Å². The summed E-state index contributed by atoms with van der Waals surface area (Å²) < 4.78 is 0. The number of anilines is 1. The van der Waals surface area contributed by atoms with E-state index in [1.165, 1.54) is 9.80 Å². The highest BCUT2D eigenvalue weighted by Gasteiger charge is 2.43. The number of nitrogens with one attached hydrogen (secondary N) is 1. The van der Waals surface area contributed by atoms with Gasteiger partial charge < -0.3 is 4.98 Å². The molecule has 0 radical (unpaired) electrons. The van der Waals surface area contributed by atoms with E-state index < -0.39 is 5.92 Å². The highest BCUT2D eigenvalue weighted by Crippen LogP contribution is 2.27. The molecule has 1 aromatic heterocycles. The van der Waals surface area contributed by atoms with E-state index in [0.29, 0.717) is 17.9 Å². The van der Waals surface area contributed by atoms with Crippen molar-refractivity contribution < 1.29 is 9.59 Å². The van der Waals surface area contributed by atoms with Crippen LogP contribution in [0.25, 0.3) is 11.0 Å². The predicted molar refractivity (Wildman–Crippen MR) is 107 cm³/mol. The van der Waals surface area contributed by atoms with Gasteiger partial charge in [0.15, 0.2) is 5.11 Å². The molecule has 6 nitrogen and oxygen atoms in total. The van der Waals surface area contributed by atoms with Gasteiger partial charge in [0.2, 0.25) is 11.8 Å². The van der Waals surface area contributed by atoms with Gasteiger partial charge >= 0.3 is 0 Å². The molecule has 0 bridgehead atoms. The topological polar surface area (TPSA) is 69.3 Å². The van der Waals surface area contributed by atoms with Gasteiger partial charge in [0, 0.05) is 0 Å². The second-order valence-corrected chi connectivity index (χ2v) is 6.74. The molecule has 136 valence electrons. The van der Waals surface area contributed by atoms with Crippen molar-refractivity contribution in [1.29, 1.82) is 0 Å². The van der Waals surface area contributed by atoms with Gasteiger partial charge in [-0.25, -0.2) is 4.98 Å². The summed E-state index contributed by atoms with van der Waals surface area (Å²) in [6.45, 7) is 2.02. The number of hydrogen-bond acceptors (Lipinski definition) is 4. The van der Waals surface area contributed by atoms with Gasteiger partial charge in [-0.1, -0.05) is 37.3 Å². The molecule has 7 heteroatoms. The first-order valence-electron chi connectivity index (χ1n) is 8.78. The smallest absolute Gasteiger partial charge is 0.245 e. The van der Waals surface area contributed by atoms with Crippen molar-refractivity contribution in [1.82, 2.24) is 14.9 Å². The van der Waals surface area contributed by atoms with Gasteiger partial charge in [-0.2, -0.15) is 0 Å². The van der Waals surface area contributed by atoms with Crippen molar-refractivity contribution in [3.63, 3.8) is 0 Å². The average molecular weight is 378 g/mol. The van der Waals surface area contributed by atoms with Crippen LogP contribution in [-0.2, 0) is 16.1 Å². The Labute approximate surface area is 161 Å². The van der Waals surface area contributed by atoms with Crippen LogP contribution in [-0.4, -0.2) is 31.8 Å². The lowest BCUT2D eigenvalue weighted by atomic mass is 10.00. The van der Waals surface area contributed by atoms with E-state index in [0.717, 1.165) is 11.0 Å². The molecular formula is C20H18N4O2S. The molecule has 1 fully saturated rings. The Bertz CT molecular complexity index is 998. The molecule has 1 unspecified atom stereocenters. The first-order chi connectivity index (χ1) is 13.1. The van der Waals surface area contributed by atoms with Crippen LogP contribution in [0, 0.1) is 5.92 Å². The number of hydrogen-bond donors (Lipinski definition) is 1. The molecule has 2 heterocycles. The minimum Gasteiger partial charge on any atom is -0.340 e. The number of aromatic amines is 1. The molecule has 1 atom stereocenters. The highest BCUT2D eigenvalue weighted by atomic mass is 32.1. The summed E-state index contributed by atoms with van der Waals surface area (Å²) in [5.41, 5.74) is 2.38. The number of fused-ring (bicyclic) bond motifs is 1. The Morgan fingerprint density at radius 3 is 2.44 bits per heavy atom. The average Bonchev–Trinajstić information content (AvgIpc) is 3.09. The van der Waals surface area contributed by atoms with Crippen LogP contribution in [0.2, 0.25) is 0 Å². The van der Waals surface area contributed by atoms with Gasteiger partial charge in [0.05, 0.1) is 23.3 Å². The summed E-state index contributed by atoms with van der Waals surface area (Å²) in [7, 11) is 0. The van der Waals surface area contributed by atoms with Crippen LogP contribution < -0.4 is 4.90 Å². The first-order valence-corrected chi connectivity index (χ1v) is 9.19. The largest absolute Gasteiger partial charge is 0.340 e. The molecule has 1 N–H and O–H groups in total. The number of carbonyl (C=O) groups is 2. The third-order valence-electron chi connectivity index (χ3n) is 4.67. The summed E-state index contributed by atoms with van der Waals surface area (Å²) in [5.74, 6) is -0.676. The minimum atomic E-state index is -0.749.